The quantitative estimate of drug-likeness (QED) is 0.276. The Balaban J connectivity index is 1.49. The third kappa shape index (κ3) is 6.30. The van der Waals surface area contributed by atoms with Gasteiger partial charge in [-0.05, 0) is 47.7 Å². The van der Waals surface area contributed by atoms with Crippen LogP contribution in [0.25, 0.3) is 10.8 Å². The van der Waals surface area contributed by atoms with Gasteiger partial charge in [0, 0.05) is 18.6 Å². The first-order valence-electron chi connectivity index (χ1n) is 11.5. The predicted octanol–water partition coefficient (Wildman–Crippen LogP) is 5.11. The van der Waals surface area contributed by atoms with Gasteiger partial charge in [-0.2, -0.15) is 4.98 Å². The Hall–Kier alpha value is -4.04. The molecule has 0 aliphatic heterocycles. The molecule has 0 bridgehead atoms. The van der Waals surface area contributed by atoms with E-state index in [1.165, 1.54) is 29.6 Å². The van der Waals surface area contributed by atoms with Crippen LogP contribution in [0, 0.1) is 4.91 Å². The molecular weight excluding hydrogens is 440 g/mol. The summed E-state index contributed by atoms with van der Waals surface area (Å²) in [5, 5.41) is 8.86. The van der Waals surface area contributed by atoms with Gasteiger partial charge in [-0.1, -0.05) is 66.7 Å². The van der Waals surface area contributed by atoms with Crippen molar-refractivity contribution in [1.82, 2.24) is 9.97 Å². The van der Waals surface area contributed by atoms with E-state index in [-0.39, 0.29) is 11.2 Å². The molecule has 0 saturated heterocycles. The van der Waals surface area contributed by atoms with Crippen LogP contribution in [0.5, 0.6) is 0 Å². The van der Waals surface area contributed by atoms with Crippen LogP contribution >= 0.6 is 0 Å². The van der Waals surface area contributed by atoms with Gasteiger partial charge >= 0.3 is 5.69 Å². The maximum atomic E-state index is 12.2. The largest absolute Gasteiger partial charge is 0.376 e. The third-order valence-electron chi connectivity index (χ3n) is 5.59. The number of benzene rings is 3. The minimum Gasteiger partial charge on any atom is -0.360 e. The summed E-state index contributed by atoms with van der Waals surface area (Å²) in [5.41, 5.74) is 9.42. The zero-order valence-corrected chi connectivity index (χ0v) is 20.3. The van der Waals surface area contributed by atoms with E-state index in [2.05, 4.69) is 57.0 Å². The molecule has 0 unspecified atom stereocenters. The first kappa shape index (κ1) is 24.1. The molecule has 8 nitrogen and oxygen atoms in total. The van der Waals surface area contributed by atoms with E-state index >= 15 is 0 Å². The lowest BCUT2D eigenvalue weighted by atomic mass is 9.96. The van der Waals surface area contributed by atoms with Crippen molar-refractivity contribution >= 4 is 28.2 Å². The molecule has 4 N–H and O–H groups in total. The minimum atomic E-state index is -0.261. The molecule has 180 valence electrons. The smallest absolute Gasteiger partial charge is 0.360 e. The third-order valence-corrected chi connectivity index (χ3v) is 5.59. The predicted molar refractivity (Wildman–Crippen MR) is 139 cm³/mol. The van der Waals surface area contributed by atoms with E-state index < -0.39 is 0 Å². The molecule has 4 aromatic rings. The normalized spacial score (nSPS) is 11.3. The molecule has 0 radical (unpaired) electrons. The summed E-state index contributed by atoms with van der Waals surface area (Å²) in [6.07, 6.45) is 2.24. The first-order chi connectivity index (χ1) is 16.8. The topological polar surface area (TPSA) is 105 Å². The zero-order chi connectivity index (χ0) is 24.8. The van der Waals surface area contributed by atoms with Gasteiger partial charge in [0.25, 0.3) is 4.92 Å². The van der Waals surface area contributed by atoms with E-state index in [9.17, 15) is 4.91 Å². The number of fused-ring (bicyclic) bond motifs is 1. The number of nitrogens with one attached hydrogen (secondary N) is 2. The highest BCUT2D eigenvalue weighted by Crippen LogP contribution is 2.25. The maximum absolute atomic E-state index is 12.2. The van der Waals surface area contributed by atoms with Crippen molar-refractivity contribution in [1.29, 1.82) is 0 Å². The Morgan fingerprint density at radius 2 is 1.66 bits per heavy atom. The minimum absolute atomic E-state index is 0.199. The number of anilines is 2. The monoisotopic (exact) mass is 471 g/mol. The number of hydrogen-bond donors (Lipinski definition) is 3. The average Bonchev–Trinajstić information content (AvgIpc) is 2.85. The number of rotatable bonds is 10. The van der Waals surface area contributed by atoms with Crippen molar-refractivity contribution in [3.63, 3.8) is 0 Å². The SMILES string of the molecule is CO[N+](=O)c1cnc(NCc2cccc3ccccc23)nc1NCc1ccc(CC(C)(C)N)cc1. The summed E-state index contributed by atoms with van der Waals surface area (Å²) in [6, 6.07) is 22.6. The van der Waals surface area contributed by atoms with Crippen molar-refractivity contribution in [3.05, 3.63) is 94.5 Å². The van der Waals surface area contributed by atoms with Gasteiger partial charge in [0.15, 0.2) is 7.11 Å². The van der Waals surface area contributed by atoms with Gasteiger partial charge in [0.05, 0.1) is 4.91 Å². The van der Waals surface area contributed by atoms with Crippen LogP contribution in [0.15, 0.2) is 72.9 Å². The molecule has 0 aliphatic carbocycles. The molecule has 35 heavy (non-hydrogen) atoms. The highest BCUT2D eigenvalue weighted by Gasteiger charge is 2.24. The number of nitrogens with zero attached hydrogens (tertiary/aromatic N) is 3. The fraction of sp³-hybridized carbons (Fsp3) is 0.259. The first-order valence-corrected chi connectivity index (χ1v) is 11.5. The summed E-state index contributed by atoms with van der Waals surface area (Å²) in [6.45, 7) is 5.05. The zero-order valence-electron chi connectivity index (χ0n) is 20.3. The van der Waals surface area contributed by atoms with E-state index in [0.29, 0.717) is 29.8 Å². The molecule has 8 heteroatoms. The lowest BCUT2D eigenvalue weighted by Gasteiger charge is -2.18. The standard InChI is InChI=1S/C27H31N6O2/c1-27(2,28)15-19-11-13-20(14-12-19)16-29-25-24(33(34)35-3)18-31-26(32-25)30-17-22-9-6-8-21-7-4-5-10-23(21)22/h4-14,18H,15-17,28H2,1-3H3,(H2,29,30,31,32)/q+1. The molecule has 0 spiro atoms. The molecule has 0 amide bonds. The van der Waals surface area contributed by atoms with E-state index in [1.807, 2.05) is 44.2 Å². The van der Waals surface area contributed by atoms with Gasteiger partial charge in [-0.25, -0.2) is 9.82 Å². The van der Waals surface area contributed by atoms with Crippen molar-refractivity contribution in [2.45, 2.75) is 38.9 Å². The van der Waals surface area contributed by atoms with Gasteiger partial charge in [0.2, 0.25) is 11.8 Å². The summed E-state index contributed by atoms with van der Waals surface area (Å²) < 4.78 is 0. The average molecular weight is 472 g/mol. The van der Waals surface area contributed by atoms with E-state index in [1.54, 1.807) is 0 Å². The van der Waals surface area contributed by atoms with E-state index in [0.717, 1.165) is 17.5 Å². The van der Waals surface area contributed by atoms with Crippen LogP contribution in [0.2, 0.25) is 0 Å². The maximum Gasteiger partial charge on any atom is 0.376 e. The Kier molecular flexibility index (Phi) is 7.22. The van der Waals surface area contributed by atoms with Crippen LogP contribution in [0.4, 0.5) is 17.5 Å². The van der Waals surface area contributed by atoms with Gasteiger partial charge < -0.3 is 16.4 Å². The second kappa shape index (κ2) is 10.5. The molecule has 0 aliphatic rings. The van der Waals surface area contributed by atoms with Gasteiger partial charge in [-0.3, -0.25) is 0 Å². The highest BCUT2D eigenvalue weighted by atomic mass is 16.8. The molecule has 0 fully saturated rings. The Morgan fingerprint density at radius 3 is 2.40 bits per heavy atom. The van der Waals surface area contributed by atoms with E-state index in [4.69, 9.17) is 10.6 Å². The summed E-state index contributed by atoms with van der Waals surface area (Å²) >= 11 is 0. The summed E-state index contributed by atoms with van der Waals surface area (Å²) in [5.74, 6) is 0.790. The number of hydrogen-bond acceptors (Lipinski definition) is 7. The molecule has 3 aromatic carbocycles. The fourth-order valence-electron chi connectivity index (χ4n) is 3.93. The van der Waals surface area contributed by atoms with Gasteiger partial charge in [-0.15, -0.1) is 0 Å². The fourth-order valence-corrected chi connectivity index (χ4v) is 3.93. The van der Waals surface area contributed by atoms with Crippen LogP contribution < -0.4 is 16.4 Å². The second-order valence-corrected chi connectivity index (χ2v) is 9.19. The summed E-state index contributed by atoms with van der Waals surface area (Å²) in [7, 11) is 1.31. The number of aromatic nitrogens is 2. The number of nitrogens with two attached hydrogens (primary N) is 1. The molecule has 1 heterocycles. The van der Waals surface area contributed by atoms with Crippen LogP contribution in [0.3, 0.4) is 0 Å². The van der Waals surface area contributed by atoms with Crippen molar-refractivity contribution in [2.24, 2.45) is 5.73 Å². The van der Waals surface area contributed by atoms with Crippen LogP contribution in [0.1, 0.15) is 30.5 Å². The van der Waals surface area contributed by atoms with Crippen LogP contribution in [-0.4, -0.2) is 27.5 Å². The molecule has 1 aromatic heterocycles. The van der Waals surface area contributed by atoms with Crippen molar-refractivity contribution in [3.8, 4) is 0 Å². The molecule has 4 rings (SSSR count). The molecule has 0 saturated carbocycles. The Morgan fingerprint density at radius 1 is 0.943 bits per heavy atom. The van der Waals surface area contributed by atoms with Crippen LogP contribution in [-0.2, 0) is 24.3 Å². The summed E-state index contributed by atoms with van der Waals surface area (Å²) in [4.78, 5) is 26.3. The van der Waals surface area contributed by atoms with Crippen molar-refractivity contribution in [2.75, 3.05) is 17.7 Å². The van der Waals surface area contributed by atoms with Crippen molar-refractivity contribution < 1.29 is 9.76 Å². The highest BCUT2D eigenvalue weighted by molar-refractivity contribution is 5.85. The van der Waals surface area contributed by atoms with Gasteiger partial charge in [0.1, 0.15) is 6.20 Å². The molecule has 0 atom stereocenters. The molecular formula is C27H31N6O2+. The second-order valence-electron chi connectivity index (χ2n) is 9.19. The Bertz CT molecular complexity index is 1310. The lowest BCUT2D eigenvalue weighted by molar-refractivity contribution is -0.736. The lowest BCUT2D eigenvalue weighted by Crippen LogP contribution is -2.34. The Labute approximate surface area is 205 Å².